The van der Waals surface area contributed by atoms with Crippen molar-refractivity contribution in [1.82, 2.24) is 4.57 Å². The average molecular weight is 316 g/mol. The van der Waals surface area contributed by atoms with Crippen LogP contribution in [0.15, 0.2) is 28.4 Å². The molecule has 1 aromatic carbocycles. The molecule has 4 nitrogen and oxygen atoms in total. The van der Waals surface area contributed by atoms with E-state index in [1.165, 1.54) is 22.8 Å². The number of benzene rings is 1. The van der Waals surface area contributed by atoms with E-state index < -0.39 is 11.8 Å². The van der Waals surface area contributed by atoms with E-state index in [0.717, 1.165) is 11.3 Å². The van der Waals surface area contributed by atoms with Crippen molar-refractivity contribution in [3.05, 3.63) is 44.1 Å². The predicted molar refractivity (Wildman–Crippen MR) is 75.9 cm³/mol. The van der Waals surface area contributed by atoms with Crippen LogP contribution in [0.1, 0.15) is 12.8 Å². The molecule has 0 bridgehead atoms. The smallest absolute Gasteiger partial charge is 0.307 e. The molecule has 0 fully saturated rings. The highest BCUT2D eigenvalue weighted by Crippen LogP contribution is 2.25. The molecular weight excluding hydrogens is 305 g/mol. The van der Waals surface area contributed by atoms with Gasteiger partial charge in [-0.1, -0.05) is 22.9 Å². The van der Waals surface area contributed by atoms with Crippen molar-refractivity contribution >= 4 is 28.9 Å². The summed E-state index contributed by atoms with van der Waals surface area (Å²) in [6, 6.07) is 4.23. The lowest BCUT2D eigenvalue weighted by atomic mass is 10.1. The third-order valence-electron chi connectivity index (χ3n) is 2.77. The van der Waals surface area contributed by atoms with Crippen molar-refractivity contribution in [3.63, 3.8) is 0 Å². The highest BCUT2D eigenvalue weighted by Gasteiger charge is 2.11. The van der Waals surface area contributed by atoms with Crippen molar-refractivity contribution in [1.29, 1.82) is 0 Å². The van der Waals surface area contributed by atoms with Gasteiger partial charge in [0, 0.05) is 23.9 Å². The number of rotatable bonds is 5. The fraction of sp³-hybridized carbons (Fsp3) is 0.231. The van der Waals surface area contributed by atoms with E-state index in [1.807, 2.05) is 0 Å². The molecule has 0 atom stereocenters. The van der Waals surface area contributed by atoms with Gasteiger partial charge in [0.25, 0.3) is 0 Å². The number of aromatic nitrogens is 1. The average Bonchev–Trinajstić information content (AvgIpc) is 2.74. The first-order valence-electron chi connectivity index (χ1n) is 5.84. The number of aliphatic carboxylic acids is 1. The van der Waals surface area contributed by atoms with Crippen molar-refractivity contribution in [2.24, 2.45) is 0 Å². The number of carboxylic acids is 1. The number of nitrogens with zero attached hydrogens (tertiary/aromatic N) is 1. The van der Waals surface area contributed by atoms with Crippen LogP contribution in [0.5, 0.6) is 0 Å². The zero-order valence-corrected chi connectivity index (χ0v) is 11.9. The van der Waals surface area contributed by atoms with Crippen LogP contribution in [0.4, 0.5) is 4.39 Å². The van der Waals surface area contributed by atoms with Gasteiger partial charge < -0.3 is 5.11 Å². The molecule has 0 amide bonds. The summed E-state index contributed by atoms with van der Waals surface area (Å²) in [7, 11) is 0. The second-order valence-electron chi connectivity index (χ2n) is 4.16. The number of thiazole rings is 1. The Morgan fingerprint density at radius 3 is 2.85 bits per heavy atom. The zero-order valence-electron chi connectivity index (χ0n) is 10.3. The maximum atomic E-state index is 13.1. The molecule has 2 aromatic rings. The van der Waals surface area contributed by atoms with Crippen LogP contribution in [-0.4, -0.2) is 15.6 Å². The van der Waals surface area contributed by atoms with Crippen molar-refractivity contribution in [2.75, 3.05) is 0 Å². The van der Waals surface area contributed by atoms with Gasteiger partial charge in [-0.15, -0.1) is 0 Å². The number of halogens is 2. The van der Waals surface area contributed by atoms with Gasteiger partial charge in [0.1, 0.15) is 5.82 Å². The van der Waals surface area contributed by atoms with E-state index in [0.29, 0.717) is 24.2 Å². The zero-order chi connectivity index (χ0) is 14.7. The van der Waals surface area contributed by atoms with Gasteiger partial charge in [-0.25, -0.2) is 4.39 Å². The number of carboxylic acid groups (broad SMARTS) is 1. The third-order valence-corrected chi connectivity index (χ3v) is 3.82. The third kappa shape index (κ3) is 3.26. The van der Waals surface area contributed by atoms with Crippen LogP contribution >= 0.6 is 22.9 Å². The largest absolute Gasteiger partial charge is 0.481 e. The van der Waals surface area contributed by atoms with Crippen LogP contribution in [0.2, 0.25) is 5.02 Å². The summed E-state index contributed by atoms with van der Waals surface area (Å²) < 4.78 is 14.6. The molecule has 2 rings (SSSR count). The Hall–Kier alpha value is -1.66. The van der Waals surface area contributed by atoms with Crippen LogP contribution < -0.4 is 4.87 Å². The van der Waals surface area contributed by atoms with E-state index in [9.17, 15) is 14.0 Å². The van der Waals surface area contributed by atoms with Gasteiger partial charge in [0.15, 0.2) is 0 Å². The lowest BCUT2D eigenvalue weighted by molar-refractivity contribution is -0.137. The van der Waals surface area contributed by atoms with Gasteiger partial charge in [-0.05, 0) is 24.6 Å². The summed E-state index contributed by atoms with van der Waals surface area (Å²) in [6.07, 6.45) is 0.347. The normalized spacial score (nSPS) is 10.7. The number of hydrogen-bond acceptors (Lipinski definition) is 3. The van der Waals surface area contributed by atoms with E-state index >= 15 is 0 Å². The molecule has 0 radical (unpaired) electrons. The summed E-state index contributed by atoms with van der Waals surface area (Å²) in [5.74, 6) is -1.43. The Morgan fingerprint density at radius 1 is 1.45 bits per heavy atom. The highest BCUT2D eigenvalue weighted by molar-refractivity contribution is 7.07. The summed E-state index contributed by atoms with van der Waals surface area (Å²) in [6.45, 7) is 0.305. The van der Waals surface area contributed by atoms with E-state index in [1.54, 1.807) is 5.38 Å². The molecule has 1 heterocycles. The van der Waals surface area contributed by atoms with E-state index in [4.69, 9.17) is 16.7 Å². The Bertz CT molecular complexity index is 695. The summed E-state index contributed by atoms with van der Waals surface area (Å²) >= 11 is 6.75. The van der Waals surface area contributed by atoms with Crippen LogP contribution in [0, 0.1) is 5.82 Å². The molecule has 0 saturated carbocycles. The molecule has 0 aliphatic carbocycles. The first-order valence-corrected chi connectivity index (χ1v) is 7.10. The monoisotopic (exact) mass is 315 g/mol. The molecule has 0 saturated heterocycles. The summed E-state index contributed by atoms with van der Waals surface area (Å²) in [4.78, 5) is 22.1. The first-order chi connectivity index (χ1) is 9.49. The number of carbonyl (C=O) groups is 1. The Kier molecular flexibility index (Phi) is 4.57. The summed E-state index contributed by atoms with van der Waals surface area (Å²) in [5.41, 5.74) is 1.25. The quantitative estimate of drug-likeness (QED) is 0.921. The van der Waals surface area contributed by atoms with Crippen molar-refractivity contribution in [2.45, 2.75) is 19.4 Å². The van der Waals surface area contributed by atoms with Crippen LogP contribution in [0.25, 0.3) is 11.3 Å². The Labute approximate surface area is 123 Å². The Balaban J connectivity index is 2.30. The molecule has 1 aromatic heterocycles. The molecule has 106 valence electrons. The molecule has 0 unspecified atom stereocenters. The predicted octanol–water partition coefficient (Wildman–Crippen LogP) is 3.23. The number of hydrogen-bond donors (Lipinski definition) is 1. The van der Waals surface area contributed by atoms with Gasteiger partial charge in [0.05, 0.1) is 10.7 Å². The summed E-state index contributed by atoms with van der Waals surface area (Å²) in [5, 5.41) is 10.3. The van der Waals surface area contributed by atoms with Crippen molar-refractivity contribution in [3.8, 4) is 11.3 Å². The van der Waals surface area contributed by atoms with Gasteiger partial charge in [0.2, 0.25) is 0 Å². The minimum Gasteiger partial charge on any atom is -0.481 e. The lowest BCUT2D eigenvalue weighted by Crippen LogP contribution is -2.15. The molecular formula is C13H11ClFNO3S. The first kappa shape index (κ1) is 14.7. The van der Waals surface area contributed by atoms with Crippen LogP contribution in [0.3, 0.4) is 0 Å². The SMILES string of the molecule is O=C(O)CCCn1c(-c2ccc(F)c(Cl)c2)csc1=O. The molecule has 0 aliphatic heterocycles. The van der Waals surface area contributed by atoms with E-state index in [2.05, 4.69) is 0 Å². The topological polar surface area (TPSA) is 59.3 Å². The molecule has 0 aliphatic rings. The molecule has 0 spiro atoms. The highest BCUT2D eigenvalue weighted by atomic mass is 35.5. The molecule has 20 heavy (non-hydrogen) atoms. The second-order valence-corrected chi connectivity index (χ2v) is 5.39. The molecule has 1 N–H and O–H groups in total. The fourth-order valence-electron chi connectivity index (χ4n) is 1.81. The van der Waals surface area contributed by atoms with Crippen LogP contribution in [-0.2, 0) is 11.3 Å². The fourth-order valence-corrected chi connectivity index (χ4v) is 2.78. The van der Waals surface area contributed by atoms with E-state index in [-0.39, 0.29) is 16.3 Å². The maximum Gasteiger partial charge on any atom is 0.307 e. The van der Waals surface area contributed by atoms with Crippen molar-refractivity contribution < 1.29 is 14.3 Å². The maximum absolute atomic E-state index is 13.1. The van der Waals surface area contributed by atoms with Gasteiger partial charge in [-0.3, -0.25) is 14.2 Å². The second kappa shape index (κ2) is 6.19. The standard InChI is InChI=1S/C13H11ClFNO3S/c14-9-6-8(3-4-10(9)15)11-7-20-13(19)16(11)5-1-2-12(17)18/h3-4,6-7H,1-2,5H2,(H,17,18). The molecule has 7 heteroatoms. The lowest BCUT2D eigenvalue weighted by Gasteiger charge is -2.07. The minimum atomic E-state index is -0.903. The van der Waals surface area contributed by atoms with Gasteiger partial charge >= 0.3 is 10.8 Å². The Morgan fingerprint density at radius 2 is 2.20 bits per heavy atom. The van der Waals surface area contributed by atoms with Gasteiger partial charge in [-0.2, -0.15) is 0 Å². The minimum absolute atomic E-state index is 0.00804.